The van der Waals surface area contributed by atoms with Gasteiger partial charge in [-0.15, -0.1) is 12.4 Å². The van der Waals surface area contributed by atoms with Crippen LogP contribution < -0.4 is 11.1 Å². The van der Waals surface area contributed by atoms with E-state index in [1.54, 1.807) is 0 Å². The highest BCUT2D eigenvalue weighted by atomic mass is 35.5. The molecule has 0 aromatic carbocycles. The number of carbonyl (C=O) groups is 3. The number of imide groups is 1. The molecule has 0 aromatic heterocycles. The first-order chi connectivity index (χ1) is 7.65. The summed E-state index contributed by atoms with van der Waals surface area (Å²) in [6, 6.07) is 0. The molecule has 17 heavy (non-hydrogen) atoms. The molecule has 6 nitrogen and oxygen atoms in total. The Hall–Kier alpha value is -1.40. The Labute approximate surface area is 106 Å². The molecule has 0 saturated heterocycles. The average molecular weight is 262 g/mol. The maximum atomic E-state index is 11.2. The summed E-state index contributed by atoms with van der Waals surface area (Å²) in [4.78, 5) is 34.6. The van der Waals surface area contributed by atoms with Crippen LogP contribution in [0, 0.1) is 0 Å². The fourth-order valence-electron chi connectivity index (χ4n) is 1.35. The van der Waals surface area contributed by atoms with E-state index in [1.807, 2.05) is 0 Å². The molecule has 1 aliphatic rings. The molecule has 7 heteroatoms. The minimum atomic E-state index is -0.313. The van der Waals surface area contributed by atoms with E-state index in [0.717, 1.165) is 4.90 Å². The van der Waals surface area contributed by atoms with E-state index in [1.165, 1.54) is 12.2 Å². The Morgan fingerprint density at radius 3 is 2.41 bits per heavy atom. The van der Waals surface area contributed by atoms with Crippen molar-refractivity contribution in [2.75, 3.05) is 19.6 Å². The predicted octanol–water partition coefficient (Wildman–Crippen LogP) is -0.812. The van der Waals surface area contributed by atoms with Gasteiger partial charge in [-0.2, -0.15) is 0 Å². The van der Waals surface area contributed by atoms with Crippen molar-refractivity contribution in [3.63, 3.8) is 0 Å². The van der Waals surface area contributed by atoms with E-state index in [0.29, 0.717) is 19.5 Å². The van der Waals surface area contributed by atoms with Crippen LogP contribution in [0.15, 0.2) is 12.2 Å². The summed E-state index contributed by atoms with van der Waals surface area (Å²) in [7, 11) is 0. The van der Waals surface area contributed by atoms with E-state index in [-0.39, 0.29) is 43.1 Å². The second-order valence-electron chi connectivity index (χ2n) is 3.40. The first kappa shape index (κ1) is 15.6. The molecule has 0 aromatic rings. The van der Waals surface area contributed by atoms with Crippen molar-refractivity contribution in [2.24, 2.45) is 5.73 Å². The second-order valence-corrected chi connectivity index (χ2v) is 3.40. The molecule has 0 unspecified atom stereocenters. The zero-order chi connectivity index (χ0) is 12.0. The van der Waals surface area contributed by atoms with E-state index < -0.39 is 0 Å². The normalized spacial score (nSPS) is 13.8. The Bertz CT molecular complexity index is 313. The molecule has 0 atom stereocenters. The van der Waals surface area contributed by atoms with Crippen LogP contribution in [-0.4, -0.2) is 42.3 Å². The molecule has 96 valence electrons. The molecule has 0 saturated carbocycles. The van der Waals surface area contributed by atoms with Gasteiger partial charge in [0.05, 0.1) is 0 Å². The van der Waals surface area contributed by atoms with Crippen molar-refractivity contribution in [2.45, 2.75) is 12.8 Å². The van der Waals surface area contributed by atoms with Gasteiger partial charge >= 0.3 is 0 Å². The molecule has 3 N–H and O–H groups in total. The van der Waals surface area contributed by atoms with Crippen LogP contribution in [0.25, 0.3) is 0 Å². The van der Waals surface area contributed by atoms with Gasteiger partial charge in [-0.3, -0.25) is 19.3 Å². The van der Waals surface area contributed by atoms with Crippen LogP contribution in [0.2, 0.25) is 0 Å². The lowest BCUT2D eigenvalue weighted by molar-refractivity contribution is -0.137. The molecule has 0 bridgehead atoms. The molecule has 1 heterocycles. The summed E-state index contributed by atoms with van der Waals surface area (Å²) < 4.78 is 0. The third kappa shape index (κ3) is 4.97. The van der Waals surface area contributed by atoms with Crippen LogP contribution in [0.5, 0.6) is 0 Å². The van der Waals surface area contributed by atoms with E-state index in [4.69, 9.17) is 5.73 Å². The molecule has 0 radical (unpaired) electrons. The average Bonchev–Trinajstić information content (AvgIpc) is 2.57. The maximum absolute atomic E-state index is 11.2. The van der Waals surface area contributed by atoms with Gasteiger partial charge in [-0.05, 0) is 6.42 Å². The zero-order valence-corrected chi connectivity index (χ0v) is 10.2. The number of carbonyl (C=O) groups excluding carboxylic acids is 3. The lowest BCUT2D eigenvalue weighted by atomic mass is 10.3. The number of amides is 3. The van der Waals surface area contributed by atoms with Crippen molar-refractivity contribution in [3.8, 4) is 0 Å². The van der Waals surface area contributed by atoms with Crippen molar-refractivity contribution < 1.29 is 14.4 Å². The van der Waals surface area contributed by atoms with Gasteiger partial charge in [0.2, 0.25) is 5.91 Å². The van der Waals surface area contributed by atoms with Gasteiger partial charge < -0.3 is 11.1 Å². The summed E-state index contributed by atoms with van der Waals surface area (Å²) in [5, 5.41) is 2.61. The summed E-state index contributed by atoms with van der Waals surface area (Å²) in [6.45, 7) is 1.13. The molecular formula is C10H16ClN3O3. The lowest BCUT2D eigenvalue weighted by Gasteiger charge is -2.12. The quantitative estimate of drug-likeness (QED) is 0.612. The summed E-state index contributed by atoms with van der Waals surface area (Å²) in [6.07, 6.45) is 3.22. The number of nitrogens with zero attached hydrogens (tertiary/aromatic N) is 1. The smallest absolute Gasteiger partial charge is 0.253 e. The molecular weight excluding hydrogens is 246 g/mol. The van der Waals surface area contributed by atoms with Crippen LogP contribution in [0.3, 0.4) is 0 Å². The van der Waals surface area contributed by atoms with E-state index >= 15 is 0 Å². The standard InChI is InChI=1S/C10H15N3O3.ClH/c11-5-6-12-8(14)2-1-7-13-9(15)3-4-10(13)16;/h3-4H,1-2,5-7,11H2,(H,12,14);1H. The van der Waals surface area contributed by atoms with Crippen molar-refractivity contribution in [1.29, 1.82) is 0 Å². The van der Waals surface area contributed by atoms with Gasteiger partial charge in [0.25, 0.3) is 11.8 Å². The minimum Gasteiger partial charge on any atom is -0.355 e. The molecule has 3 amide bonds. The molecule has 1 aliphatic heterocycles. The minimum absolute atomic E-state index is 0. The maximum Gasteiger partial charge on any atom is 0.253 e. The topological polar surface area (TPSA) is 92.5 Å². The third-order valence-corrected chi connectivity index (χ3v) is 2.15. The third-order valence-electron chi connectivity index (χ3n) is 2.15. The van der Waals surface area contributed by atoms with Crippen molar-refractivity contribution in [3.05, 3.63) is 12.2 Å². The Morgan fingerprint density at radius 2 is 1.88 bits per heavy atom. The van der Waals surface area contributed by atoms with Crippen LogP contribution in [-0.2, 0) is 14.4 Å². The van der Waals surface area contributed by atoms with Gasteiger partial charge in [-0.25, -0.2) is 0 Å². The fourth-order valence-corrected chi connectivity index (χ4v) is 1.35. The van der Waals surface area contributed by atoms with E-state index in [2.05, 4.69) is 5.32 Å². The number of nitrogens with one attached hydrogen (secondary N) is 1. The number of halogens is 1. The van der Waals surface area contributed by atoms with Crippen molar-refractivity contribution in [1.82, 2.24) is 10.2 Å². The van der Waals surface area contributed by atoms with Crippen molar-refractivity contribution >= 4 is 30.1 Å². The molecule has 0 spiro atoms. The van der Waals surface area contributed by atoms with E-state index in [9.17, 15) is 14.4 Å². The Balaban J connectivity index is 0.00000256. The predicted molar refractivity (Wildman–Crippen MR) is 64.4 cm³/mol. The largest absolute Gasteiger partial charge is 0.355 e. The Morgan fingerprint density at radius 1 is 1.29 bits per heavy atom. The summed E-state index contributed by atoms with van der Waals surface area (Å²) in [5.41, 5.74) is 5.22. The lowest BCUT2D eigenvalue weighted by Crippen LogP contribution is -2.33. The highest BCUT2D eigenvalue weighted by Crippen LogP contribution is 2.05. The van der Waals surface area contributed by atoms with Gasteiger partial charge in [0.15, 0.2) is 0 Å². The van der Waals surface area contributed by atoms with Gasteiger partial charge in [-0.1, -0.05) is 0 Å². The number of hydrogen-bond donors (Lipinski definition) is 2. The Kier molecular flexibility index (Phi) is 7.16. The summed E-state index contributed by atoms with van der Waals surface area (Å²) >= 11 is 0. The van der Waals surface area contributed by atoms with Crippen LogP contribution >= 0.6 is 12.4 Å². The SMILES string of the molecule is Cl.NCCNC(=O)CCCN1C(=O)C=CC1=O. The number of rotatable bonds is 6. The molecule has 1 rings (SSSR count). The highest BCUT2D eigenvalue weighted by Gasteiger charge is 2.22. The number of nitrogens with two attached hydrogens (primary N) is 1. The number of hydrogen-bond acceptors (Lipinski definition) is 4. The molecule has 0 fully saturated rings. The fraction of sp³-hybridized carbons (Fsp3) is 0.500. The van der Waals surface area contributed by atoms with Crippen LogP contribution in [0.1, 0.15) is 12.8 Å². The monoisotopic (exact) mass is 261 g/mol. The van der Waals surface area contributed by atoms with Gasteiger partial charge in [0.1, 0.15) is 0 Å². The van der Waals surface area contributed by atoms with Crippen LogP contribution in [0.4, 0.5) is 0 Å². The first-order valence-corrected chi connectivity index (χ1v) is 5.15. The highest BCUT2D eigenvalue weighted by molar-refractivity contribution is 6.12. The zero-order valence-electron chi connectivity index (χ0n) is 9.35. The first-order valence-electron chi connectivity index (χ1n) is 5.15. The summed E-state index contributed by atoms with van der Waals surface area (Å²) in [5.74, 6) is -0.739. The van der Waals surface area contributed by atoms with Gasteiger partial charge in [0, 0.05) is 38.2 Å². The molecule has 0 aliphatic carbocycles. The second kappa shape index (κ2) is 7.81.